The van der Waals surface area contributed by atoms with Crippen molar-refractivity contribution in [2.24, 2.45) is 17.3 Å². The molecule has 2 aromatic carbocycles. The van der Waals surface area contributed by atoms with Gasteiger partial charge in [-0.05, 0) is 130 Å². The fourth-order valence-electron chi connectivity index (χ4n) is 11.0. The molecule has 378 valence electrons. The number of phenols is 1. The largest absolute Gasteiger partial charge is 0.508 e. The second-order valence-corrected chi connectivity index (χ2v) is 20.9. The highest BCUT2D eigenvalue weighted by Gasteiger charge is 2.40. The number of methoxy groups -OCH3 is 1. The fraction of sp³-hybridized carbons (Fsp3) is 0.527. The molecule has 3 N–H and O–H groups in total. The van der Waals surface area contributed by atoms with E-state index >= 15 is 0 Å². The Morgan fingerprint density at radius 3 is 2.56 bits per heavy atom. The number of ether oxygens (including phenoxy) is 2. The van der Waals surface area contributed by atoms with Gasteiger partial charge in [-0.1, -0.05) is 45.7 Å². The summed E-state index contributed by atoms with van der Waals surface area (Å²) in [6.07, 6.45) is 5.64. The Balaban J connectivity index is 1.13. The van der Waals surface area contributed by atoms with Crippen molar-refractivity contribution in [3.63, 3.8) is 0 Å². The zero-order chi connectivity index (χ0) is 50.7. The number of rotatable bonds is 9. The number of amides is 4. The number of hydrogen-bond donors (Lipinski definition) is 3. The lowest BCUT2D eigenvalue weighted by Crippen LogP contribution is -2.62. The van der Waals surface area contributed by atoms with Gasteiger partial charge < -0.3 is 34.3 Å². The van der Waals surface area contributed by atoms with Crippen molar-refractivity contribution in [1.82, 2.24) is 40.0 Å². The number of benzene rings is 2. The molecular weight excluding hydrogens is 901 g/mol. The molecule has 2 aromatic heterocycles. The topological polar surface area (TPSA) is 179 Å². The molecule has 4 aliphatic heterocycles. The zero-order valence-electron chi connectivity index (χ0n) is 42.5. The Bertz CT molecular complexity index is 2740. The molecule has 71 heavy (non-hydrogen) atoms. The lowest BCUT2D eigenvalue weighted by molar-refractivity contribution is -0.155. The molecule has 1 unspecified atom stereocenters. The van der Waals surface area contributed by atoms with Crippen LogP contribution in [0.4, 0.5) is 0 Å². The Hall–Kier alpha value is -6.28. The van der Waals surface area contributed by atoms with Crippen LogP contribution in [-0.2, 0) is 59.4 Å². The van der Waals surface area contributed by atoms with Crippen LogP contribution >= 0.6 is 0 Å². The molecule has 4 amide bonds. The van der Waals surface area contributed by atoms with E-state index in [0.717, 1.165) is 63.9 Å². The number of carbonyl (C=O) groups is 5. The van der Waals surface area contributed by atoms with Crippen LogP contribution < -0.4 is 10.7 Å². The number of likely N-dealkylation sites (N-methyl/N-ethyl adjacent to an activating group) is 1. The van der Waals surface area contributed by atoms with Gasteiger partial charge in [0.1, 0.15) is 23.9 Å². The number of aryl methyl sites for hydroxylation is 1. The number of pyridine rings is 1. The van der Waals surface area contributed by atoms with Crippen LogP contribution in [0.5, 0.6) is 5.75 Å². The van der Waals surface area contributed by atoms with Crippen molar-refractivity contribution in [3.05, 3.63) is 71.5 Å². The minimum absolute atomic E-state index is 0.0116. The standard InChI is InChI=1S/C55H70N8O8/c1-9-62-47-18-16-36-29-42(47)43(50(62)41-14-10-21-56-46(41)32-70-8)30-55(4,5)33-71-54(69)44-15-12-23-63(58-44)53(68)45(27-35-25-38(36)28-40(64)26-35)57-51(66)49(34(2)3)60(7)52(67)37-20-24-61(31-37)48(65)19-17-39-13-11-22-59(39)6/h10,14,16,18,21,25-26,28-29,34,37,39,44-45,49,58,64H,9,11-13,15,20,22-24,27,30-33H2,1-8H3,(H,57,66)/t37-,39+,44-,45-,49?/m0/s1. The van der Waals surface area contributed by atoms with E-state index in [1.807, 2.05) is 39.1 Å². The first kappa shape index (κ1) is 51.1. The molecule has 0 saturated carbocycles. The van der Waals surface area contributed by atoms with Crippen LogP contribution in [0.1, 0.15) is 83.5 Å². The number of fused-ring (bicyclic) bond motifs is 6. The molecule has 3 saturated heterocycles. The van der Waals surface area contributed by atoms with E-state index in [2.05, 4.69) is 71.0 Å². The monoisotopic (exact) mass is 971 g/mol. The second kappa shape index (κ2) is 21.6. The van der Waals surface area contributed by atoms with Crippen molar-refractivity contribution >= 4 is 40.5 Å². The molecule has 6 bridgehead atoms. The van der Waals surface area contributed by atoms with E-state index in [-0.39, 0.29) is 55.6 Å². The SMILES string of the molecule is CCn1c(-c2cccnc2COC)c2c3cc(ccc31)-c1cc(O)cc(c1)C[C@H](NC(=O)C(C(C)C)N(C)C(=O)[C@H]1CCN(C(=O)C#C[C@H]3CCCN3C)C1)C(=O)N1CCC[C@H](N1)C(=O)OCC(C)(C)C2. The van der Waals surface area contributed by atoms with Crippen molar-refractivity contribution in [3.8, 4) is 40.0 Å². The molecule has 0 radical (unpaired) electrons. The summed E-state index contributed by atoms with van der Waals surface area (Å²) in [7, 11) is 5.25. The third-order valence-electron chi connectivity index (χ3n) is 14.6. The van der Waals surface area contributed by atoms with E-state index in [1.54, 1.807) is 37.4 Å². The number of nitrogens with zero attached hydrogens (tertiary/aromatic N) is 6. The van der Waals surface area contributed by atoms with E-state index in [4.69, 9.17) is 14.5 Å². The van der Waals surface area contributed by atoms with Crippen molar-refractivity contribution in [2.45, 2.75) is 117 Å². The fourth-order valence-corrected chi connectivity index (χ4v) is 11.0. The van der Waals surface area contributed by atoms with Gasteiger partial charge in [-0.3, -0.25) is 38.9 Å². The summed E-state index contributed by atoms with van der Waals surface area (Å²) in [6.45, 7) is 12.8. The molecule has 8 rings (SSSR count). The molecule has 4 aliphatic rings. The Morgan fingerprint density at radius 2 is 1.83 bits per heavy atom. The Labute approximate surface area is 417 Å². The molecule has 0 aliphatic carbocycles. The first-order chi connectivity index (χ1) is 34.0. The number of cyclic esters (lactones) is 1. The van der Waals surface area contributed by atoms with Gasteiger partial charge in [-0.25, -0.2) is 5.43 Å². The zero-order valence-corrected chi connectivity index (χ0v) is 42.5. The normalized spacial score (nSPS) is 22.2. The van der Waals surface area contributed by atoms with Crippen molar-refractivity contribution < 1.29 is 38.6 Å². The van der Waals surface area contributed by atoms with Crippen LogP contribution in [0.3, 0.4) is 0 Å². The molecule has 16 nitrogen and oxygen atoms in total. The highest BCUT2D eigenvalue weighted by Crippen LogP contribution is 2.41. The van der Waals surface area contributed by atoms with Crippen LogP contribution in [0.15, 0.2) is 54.7 Å². The van der Waals surface area contributed by atoms with Gasteiger partial charge in [0.05, 0.1) is 36.6 Å². The van der Waals surface area contributed by atoms with Crippen molar-refractivity contribution in [2.75, 3.05) is 54.0 Å². The van der Waals surface area contributed by atoms with Gasteiger partial charge in [-0.2, -0.15) is 0 Å². The number of phenolic OH excluding ortho intramolecular Hbond substituents is 1. The number of carbonyl (C=O) groups excluding carboxylic acids is 5. The summed E-state index contributed by atoms with van der Waals surface area (Å²) < 4.78 is 14.0. The molecule has 5 atom stereocenters. The van der Waals surface area contributed by atoms with Gasteiger partial charge in [0.15, 0.2) is 0 Å². The maximum atomic E-state index is 14.8. The van der Waals surface area contributed by atoms with Gasteiger partial charge in [-0.15, -0.1) is 0 Å². The number of hydrazine groups is 1. The molecular formula is C55H70N8O8. The molecule has 4 aromatic rings. The maximum absolute atomic E-state index is 14.8. The Kier molecular flexibility index (Phi) is 15.5. The van der Waals surface area contributed by atoms with Crippen LogP contribution in [-0.4, -0.2) is 142 Å². The second-order valence-electron chi connectivity index (χ2n) is 20.9. The Morgan fingerprint density at radius 1 is 1.04 bits per heavy atom. The first-order valence-corrected chi connectivity index (χ1v) is 25.2. The summed E-state index contributed by atoms with van der Waals surface area (Å²) in [5.41, 5.74) is 9.55. The summed E-state index contributed by atoms with van der Waals surface area (Å²) in [4.78, 5) is 80.7. The maximum Gasteiger partial charge on any atom is 0.324 e. The van der Waals surface area contributed by atoms with E-state index in [1.165, 1.54) is 9.91 Å². The summed E-state index contributed by atoms with van der Waals surface area (Å²) in [5, 5.41) is 16.8. The first-order valence-electron chi connectivity index (χ1n) is 25.2. The quantitative estimate of drug-likeness (QED) is 0.146. The average molecular weight is 971 g/mol. The number of likely N-dealkylation sites (tertiary alicyclic amines) is 2. The van der Waals surface area contributed by atoms with Crippen LogP contribution in [0.2, 0.25) is 0 Å². The third-order valence-corrected chi connectivity index (χ3v) is 14.6. The van der Waals surface area contributed by atoms with Gasteiger partial charge >= 0.3 is 5.97 Å². The van der Waals surface area contributed by atoms with E-state index in [9.17, 15) is 29.1 Å². The smallest absolute Gasteiger partial charge is 0.324 e. The van der Waals surface area contributed by atoms with Crippen LogP contribution in [0.25, 0.3) is 33.3 Å². The molecule has 3 fully saturated rings. The highest BCUT2D eigenvalue weighted by atomic mass is 16.5. The molecule has 16 heteroatoms. The summed E-state index contributed by atoms with van der Waals surface area (Å²) in [5.74, 6) is 2.95. The minimum Gasteiger partial charge on any atom is -0.508 e. The van der Waals surface area contributed by atoms with Gasteiger partial charge in [0.2, 0.25) is 11.8 Å². The van der Waals surface area contributed by atoms with Crippen LogP contribution in [0, 0.1) is 29.1 Å². The van der Waals surface area contributed by atoms with E-state index in [0.29, 0.717) is 50.9 Å². The predicted octanol–water partition coefficient (Wildman–Crippen LogP) is 5.32. The number of nitrogens with one attached hydrogen (secondary N) is 2. The summed E-state index contributed by atoms with van der Waals surface area (Å²) >= 11 is 0. The highest BCUT2D eigenvalue weighted by molar-refractivity contribution is 5.97. The average Bonchev–Trinajstić information content (AvgIpc) is 4.09. The number of esters is 1. The van der Waals surface area contributed by atoms with Crippen molar-refractivity contribution in [1.29, 1.82) is 0 Å². The minimum atomic E-state index is -1.17. The third kappa shape index (κ3) is 11.1. The lowest BCUT2D eigenvalue weighted by Gasteiger charge is -2.37. The predicted molar refractivity (Wildman–Crippen MR) is 270 cm³/mol. The van der Waals surface area contributed by atoms with Gasteiger partial charge in [0, 0.05) is 74.8 Å². The van der Waals surface area contributed by atoms with Gasteiger partial charge in [0.25, 0.3) is 11.8 Å². The molecule has 0 spiro atoms. The number of hydrogen-bond acceptors (Lipinski definition) is 11. The number of aromatic hydroxyl groups is 1. The number of aromatic nitrogens is 2. The van der Waals surface area contributed by atoms with E-state index < -0.39 is 47.2 Å². The molecule has 6 heterocycles. The lowest BCUT2D eigenvalue weighted by atomic mass is 9.84. The summed E-state index contributed by atoms with van der Waals surface area (Å²) in [6, 6.07) is 12.5.